The van der Waals surface area contributed by atoms with E-state index in [-0.39, 0.29) is 31.0 Å². The number of carbonyl (C=O) groups is 2. The summed E-state index contributed by atoms with van der Waals surface area (Å²) in [6, 6.07) is 17.5. The van der Waals surface area contributed by atoms with E-state index < -0.39 is 6.09 Å². The zero-order valence-electron chi connectivity index (χ0n) is 16.2. The van der Waals surface area contributed by atoms with Gasteiger partial charge in [-0.1, -0.05) is 75.4 Å². The molecule has 2 rings (SSSR count). The molecule has 1 unspecified atom stereocenters. The molecule has 0 saturated heterocycles. The van der Waals surface area contributed by atoms with Crippen LogP contribution in [0.4, 0.5) is 4.79 Å². The van der Waals surface area contributed by atoms with Crippen molar-refractivity contribution in [3.05, 3.63) is 71.3 Å². The van der Waals surface area contributed by atoms with Crippen LogP contribution >= 0.6 is 0 Å². The summed E-state index contributed by atoms with van der Waals surface area (Å²) >= 11 is 0. The molecule has 0 bridgehead atoms. The first-order valence-electron chi connectivity index (χ1n) is 9.32. The zero-order chi connectivity index (χ0) is 19.6. The van der Waals surface area contributed by atoms with Gasteiger partial charge < -0.3 is 15.4 Å². The van der Waals surface area contributed by atoms with Crippen molar-refractivity contribution in [2.24, 2.45) is 5.92 Å². The van der Waals surface area contributed by atoms with Gasteiger partial charge in [-0.25, -0.2) is 4.79 Å². The fourth-order valence-electron chi connectivity index (χ4n) is 2.75. The smallest absolute Gasteiger partial charge is 0.407 e. The number of aryl methyl sites for hydroxylation is 1. The van der Waals surface area contributed by atoms with Crippen LogP contribution in [0.5, 0.6) is 0 Å². The van der Waals surface area contributed by atoms with Crippen LogP contribution in [-0.2, 0) is 22.6 Å². The highest BCUT2D eigenvalue weighted by atomic mass is 16.5. The molecule has 2 amide bonds. The van der Waals surface area contributed by atoms with E-state index in [0.29, 0.717) is 0 Å². The monoisotopic (exact) mass is 368 g/mol. The molecule has 0 heterocycles. The lowest BCUT2D eigenvalue weighted by Gasteiger charge is -2.23. The third-order valence-electron chi connectivity index (χ3n) is 4.34. The molecular formula is C22H28N2O3. The van der Waals surface area contributed by atoms with Gasteiger partial charge in [0.25, 0.3) is 0 Å². The molecule has 2 aromatic rings. The van der Waals surface area contributed by atoms with Gasteiger partial charge in [0.1, 0.15) is 13.2 Å². The van der Waals surface area contributed by atoms with Gasteiger partial charge in [0, 0.05) is 0 Å². The third-order valence-corrected chi connectivity index (χ3v) is 4.34. The molecule has 0 radical (unpaired) electrons. The number of amides is 2. The van der Waals surface area contributed by atoms with Gasteiger partial charge in [0.2, 0.25) is 5.91 Å². The lowest BCUT2D eigenvalue weighted by molar-refractivity contribution is -0.121. The number of alkyl carbamates (subject to hydrolysis) is 1. The van der Waals surface area contributed by atoms with Crippen molar-refractivity contribution < 1.29 is 14.3 Å². The molecular weight excluding hydrogens is 340 g/mol. The SMILES string of the molecule is CCc1ccc(C(NC(=O)CNC(=O)OCc2ccccc2)C(C)C)cc1. The molecule has 0 aliphatic heterocycles. The highest BCUT2D eigenvalue weighted by molar-refractivity contribution is 5.82. The highest BCUT2D eigenvalue weighted by Gasteiger charge is 2.18. The molecule has 0 aliphatic rings. The van der Waals surface area contributed by atoms with E-state index in [1.54, 1.807) is 0 Å². The molecule has 5 nitrogen and oxygen atoms in total. The van der Waals surface area contributed by atoms with Crippen LogP contribution < -0.4 is 10.6 Å². The first kappa shape index (κ1) is 20.5. The number of hydrogen-bond donors (Lipinski definition) is 2. The molecule has 0 fully saturated rings. The summed E-state index contributed by atoms with van der Waals surface area (Å²) in [6.45, 7) is 6.27. The van der Waals surface area contributed by atoms with Crippen LogP contribution in [0, 0.1) is 5.92 Å². The van der Waals surface area contributed by atoms with E-state index >= 15 is 0 Å². The second-order valence-corrected chi connectivity index (χ2v) is 6.80. The lowest BCUT2D eigenvalue weighted by atomic mass is 9.95. The van der Waals surface area contributed by atoms with Crippen molar-refractivity contribution in [3.63, 3.8) is 0 Å². The number of rotatable bonds is 8. The Labute approximate surface area is 161 Å². The highest BCUT2D eigenvalue weighted by Crippen LogP contribution is 2.22. The maximum Gasteiger partial charge on any atom is 0.407 e. The molecule has 1 atom stereocenters. The van der Waals surface area contributed by atoms with Gasteiger partial charge >= 0.3 is 6.09 Å². The summed E-state index contributed by atoms with van der Waals surface area (Å²) in [5.41, 5.74) is 3.21. The largest absolute Gasteiger partial charge is 0.445 e. The maximum atomic E-state index is 12.3. The summed E-state index contributed by atoms with van der Waals surface area (Å²) in [5, 5.41) is 5.48. The van der Waals surface area contributed by atoms with Crippen LogP contribution in [0.2, 0.25) is 0 Å². The Morgan fingerprint density at radius 2 is 1.63 bits per heavy atom. The molecule has 0 aromatic heterocycles. The van der Waals surface area contributed by atoms with Crippen LogP contribution in [0.15, 0.2) is 54.6 Å². The quantitative estimate of drug-likeness (QED) is 0.740. The summed E-state index contributed by atoms with van der Waals surface area (Å²) in [7, 11) is 0. The standard InChI is InChI=1S/C22H28N2O3/c1-4-17-10-12-19(13-11-17)21(16(2)3)24-20(25)14-23-22(26)27-15-18-8-6-5-7-9-18/h5-13,16,21H,4,14-15H2,1-3H3,(H,23,26)(H,24,25). The topological polar surface area (TPSA) is 67.4 Å². The fourth-order valence-corrected chi connectivity index (χ4v) is 2.75. The third kappa shape index (κ3) is 6.77. The molecule has 27 heavy (non-hydrogen) atoms. The van der Waals surface area contributed by atoms with E-state index in [4.69, 9.17) is 4.74 Å². The van der Waals surface area contributed by atoms with Crippen LogP contribution in [0.1, 0.15) is 43.5 Å². The van der Waals surface area contributed by atoms with Gasteiger partial charge in [-0.2, -0.15) is 0 Å². The molecule has 0 aliphatic carbocycles. The van der Waals surface area contributed by atoms with Crippen molar-refractivity contribution in [1.29, 1.82) is 0 Å². The average Bonchev–Trinajstić information content (AvgIpc) is 2.69. The minimum atomic E-state index is -0.609. The predicted octanol–water partition coefficient (Wildman–Crippen LogP) is 3.99. The minimum absolute atomic E-state index is 0.106. The normalized spacial score (nSPS) is 11.7. The fraction of sp³-hybridized carbons (Fsp3) is 0.364. The molecule has 5 heteroatoms. The maximum absolute atomic E-state index is 12.3. The molecule has 2 N–H and O–H groups in total. The molecule has 0 saturated carbocycles. The predicted molar refractivity (Wildman–Crippen MR) is 106 cm³/mol. The number of hydrogen-bond acceptors (Lipinski definition) is 3. The minimum Gasteiger partial charge on any atom is -0.445 e. The average molecular weight is 368 g/mol. The van der Waals surface area contributed by atoms with Crippen molar-refractivity contribution >= 4 is 12.0 Å². The van der Waals surface area contributed by atoms with Gasteiger partial charge in [0.15, 0.2) is 0 Å². The van der Waals surface area contributed by atoms with E-state index in [2.05, 4.69) is 43.5 Å². The van der Waals surface area contributed by atoms with Crippen LogP contribution in [-0.4, -0.2) is 18.5 Å². The Morgan fingerprint density at radius 1 is 0.963 bits per heavy atom. The van der Waals surface area contributed by atoms with Gasteiger partial charge in [0.05, 0.1) is 6.04 Å². The van der Waals surface area contributed by atoms with E-state index in [0.717, 1.165) is 17.5 Å². The van der Waals surface area contributed by atoms with E-state index in [9.17, 15) is 9.59 Å². The summed E-state index contributed by atoms with van der Waals surface area (Å²) in [5.74, 6) is -0.0172. The lowest BCUT2D eigenvalue weighted by Crippen LogP contribution is -2.40. The first-order valence-corrected chi connectivity index (χ1v) is 9.32. The van der Waals surface area contributed by atoms with Gasteiger partial charge in [-0.3, -0.25) is 4.79 Å². The summed E-state index contributed by atoms with van der Waals surface area (Å²) in [6.07, 6.45) is 0.371. The van der Waals surface area contributed by atoms with E-state index in [1.165, 1.54) is 5.56 Å². The number of benzene rings is 2. The number of ether oxygens (including phenoxy) is 1. The Balaban J connectivity index is 1.81. The second kappa shape index (κ2) is 10.4. The molecule has 2 aromatic carbocycles. The zero-order valence-corrected chi connectivity index (χ0v) is 16.2. The van der Waals surface area contributed by atoms with Crippen molar-refractivity contribution in [3.8, 4) is 0 Å². The summed E-state index contributed by atoms with van der Waals surface area (Å²) in [4.78, 5) is 24.0. The Morgan fingerprint density at radius 3 is 2.22 bits per heavy atom. The Hall–Kier alpha value is -2.82. The summed E-state index contributed by atoms with van der Waals surface area (Å²) < 4.78 is 5.11. The van der Waals surface area contributed by atoms with Crippen LogP contribution in [0.25, 0.3) is 0 Å². The van der Waals surface area contributed by atoms with Crippen molar-refractivity contribution in [1.82, 2.24) is 10.6 Å². The second-order valence-electron chi connectivity index (χ2n) is 6.80. The number of carbonyl (C=O) groups excluding carboxylic acids is 2. The van der Waals surface area contributed by atoms with Crippen molar-refractivity contribution in [2.75, 3.05) is 6.54 Å². The Kier molecular flexibility index (Phi) is 7.86. The van der Waals surface area contributed by atoms with Crippen LogP contribution in [0.3, 0.4) is 0 Å². The van der Waals surface area contributed by atoms with Crippen molar-refractivity contribution in [2.45, 2.75) is 39.8 Å². The first-order chi connectivity index (χ1) is 13.0. The van der Waals surface area contributed by atoms with Gasteiger partial charge in [-0.05, 0) is 29.0 Å². The number of nitrogens with one attached hydrogen (secondary N) is 2. The molecule has 0 spiro atoms. The van der Waals surface area contributed by atoms with E-state index in [1.807, 2.05) is 42.5 Å². The molecule has 144 valence electrons. The Bertz CT molecular complexity index is 727. The van der Waals surface area contributed by atoms with Gasteiger partial charge in [-0.15, -0.1) is 0 Å².